The summed E-state index contributed by atoms with van der Waals surface area (Å²) in [5, 5.41) is 0.500. The van der Waals surface area contributed by atoms with Crippen molar-refractivity contribution >= 4 is 16.8 Å². The summed E-state index contributed by atoms with van der Waals surface area (Å²) in [6, 6.07) is 10.7. The third-order valence-corrected chi connectivity index (χ3v) is 4.62. The van der Waals surface area contributed by atoms with Crippen LogP contribution in [0.1, 0.15) is 17.5 Å². The second-order valence-electron chi connectivity index (χ2n) is 6.91. The van der Waals surface area contributed by atoms with E-state index in [1.54, 1.807) is 19.2 Å². The minimum Gasteiger partial charge on any atom is -0.406 e. The molecule has 158 valence electrons. The van der Waals surface area contributed by atoms with Gasteiger partial charge in [-0.15, -0.1) is 13.2 Å². The number of aryl methyl sites for hydroxylation is 2. The third kappa shape index (κ3) is 5.16. The molecule has 0 N–H and O–H groups in total. The maximum atomic E-state index is 12.6. The fourth-order valence-corrected chi connectivity index (χ4v) is 3.06. The summed E-state index contributed by atoms with van der Waals surface area (Å²) in [5.41, 5.74) is 1.99. The van der Waals surface area contributed by atoms with Gasteiger partial charge in [-0.1, -0.05) is 24.3 Å². The molecule has 0 fully saturated rings. The lowest BCUT2D eigenvalue weighted by Gasteiger charge is -2.18. The molecule has 0 aliphatic rings. The van der Waals surface area contributed by atoms with Crippen molar-refractivity contribution in [1.82, 2.24) is 14.5 Å². The number of hydrogen-bond acceptors (Lipinski definition) is 4. The quantitative estimate of drug-likeness (QED) is 0.612. The minimum absolute atomic E-state index is 0.0880. The summed E-state index contributed by atoms with van der Waals surface area (Å²) in [6.07, 6.45) is -3.22. The molecule has 0 aliphatic heterocycles. The average molecular weight is 419 g/mol. The number of para-hydroxylation sites is 1. The number of amides is 1. The van der Waals surface area contributed by atoms with Crippen molar-refractivity contribution in [1.29, 1.82) is 0 Å². The number of nitrogens with zero attached hydrogens (tertiary/aromatic N) is 3. The first-order valence-electron chi connectivity index (χ1n) is 9.17. The molecule has 0 saturated carbocycles. The second-order valence-corrected chi connectivity index (χ2v) is 6.91. The highest BCUT2D eigenvalue weighted by atomic mass is 19.4. The van der Waals surface area contributed by atoms with Crippen LogP contribution in [0.2, 0.25) is 0 Å². The second kappa shape index (κ2) is 8.56. The number of carbonyl (C=O) groups is 1. The maximum absolute atomic E-state index is 12.6. The summed E-state index contributed by atoms with van der Waals surface area (Å²) in [6.45, 7) is 2.27. The molecule has 0 atom stereocenters. The molecular weight excluding hydrogens is 399 g/mol. The van der Waals surface area contributed by atoms with Crippen LogP contribution in [0.3, 0.4) is 0 Å². The molecule has 3 aromatic rings. The summed E-state index contributed by atoms with van der Waals surface area (Å²) in [5.74, 6) is -0.527. The first-order chi connectivity index (χ1) is 14.1. The van der Waals surface area contributed by atoms with Crippen LogP contribution in [0.4, 0.5) is 13.2 Å². The van der Waals surface area contributed by atoms with Gasteiger partial charge in [0.05, 0.1) is 17.2 Å². The van der Waals surface area contributed by atoms with E-state index < -0.39 is 6.36 Å². The molecule has 9 heteroatoms. The van der Waals surface area contributed by atoms with Gasteiger partial charge in [-0.2, -0.15) is 0 Å². The smallest absolute Gasteiger partial charge is 0.406 e. The van der Waals surface area contributed by atoms with Crippen LogP contribution in [0.5, 0.6) is 5.75 Å². The van der Waals surface area contributed by atoms with Gasteiger partial charge in [0.25, 0.3) is 5.56 Å². The molecule has 3 rings (SSSR count). The predicted octanol–water partition coefficient (Wildman–Crippen LogP) is 3.65. The van der Waals surface area contributed by atoms with E-state index in [0.717, 1.165) is 5.56 Å². The Bertz CT molecular complexity index is 1110. The molecule has 1 heterocycles. The molecular formula is C21H20F3N3O3. The summed E-state index contributed by atoms with van der Waals surface area (Å²) < 4.78 is 41.9. The Balaban J connectivity index is 1.60. The summed E-state index contributed by atoms with van der Waals surface area (Å²) in [7, 11) is 1.59. The number of fused-ring (bicyclic) bond motifs is 1. The van der Waals surface area contributed by atoms with Crippen molar-refractivity contribution in [2.45, 2.75) is 32.8 Å². The zero-order valence-corrected chi connectivity index (χ0v) is 16.4. The Morgan fingerprint density at radius 2 is 1.87 bits per heavy atom. The van der Waals surface area contributed by atoms with E-state index in [0.29, 0.717) is 16.5 Å². The molecule has 0 aliphatic carbocycles. The van der Waals surface area contributed by atoms with E-state index >= 15 is 0 Å². The van der Waals surface area contributed by atoms with E-state index in [1.165, 1.54) is 40.1 Å². The van der Waals surface area contributed by atoms with Crippen molar-refractivity contribution in [2.24, 2.45) is 0 Å². The molecule has 2 aromatic carbocycles. The van der Waals surface area contributed by atoms with Crippen LogP contribution >= 0.6 is 0 Å². The molecule has 0 unspecified atom stereocenters. The number of hydrogen-bond donors (Lipinski definition) is 0. The van der Waals surface area contributed by atoms with Gasteiger partial charge in [0, 0.05) is 26.6 Å². The highest BCUT2D eigenvalue weighted by Crippen LogP contribution is 2.23. The van der Waals surface area contributed by atoms with E-state index in [-0.39, 0.29) is 36.7 Å². The Labute approximate surface area is 170 Å². The van der Waals surface area contributed by atoms with Gasteiger partial charge in [-0.25, -0.2) is 4.98 Å². The lowest BCUT2D eigenvalue weighted by atomic mass is 10.1. The monoisotopic (exact) mass is 419 g/mol. The van der Waals surface area contributed by atoms with E-state index in [2.05, 4.69) is 9.72 Å². The van der Waals surface area contributed by atoms with Crippen molar-refractivity contribution < 1.29 is 22.7 Å². The normalized spacial score (nSPS) is 11.5. The summed E-state index contributed by atoms with van der Waals surface area (Å²) >= 11 is 0. The largest absolute Gasteiger partial charge is 0.573 e. The predicted molar refractivity (Wildman–Crippen MR) is 105 cm³/mol. The van der Waals surface area contributed by atoms with E-state index in [1.807, 2.05) is 13.0 Å². The van der Waals surface area contributed by atoms with E-state index in [9.17, 15) is 22.8 Å². The number of alkyl halides is 3. The number of benzene rings is 2. The number of carbonyl (C=O) groups excluding carboxylic acids is 1. The Morgan fingerprint density at radius 3 is 2.53 bits per heavy atom. The van der Waals surface area contributed by atoms with Crippen LogP contribution in [0.25, 0.3) is 10.9 Å². The number of rotatable bonds is 6. The van der Waals surface area contributed by atoms with Gasteiger partial charge in [-0.3, -0.25) is 14.2 Å². The Hall–Kier alpha value is -3.36. The number of ether oxygens (including phenoxy) is 1. The first-order valence-corrected chi connectivity index (χ1v) is 9.17. The topological polar surface area (TPSA) is 64.4 Å². The van der Waals surface area contributed by atoms with Gasteiger partial charge >= 0.3 is 6.36 Å². The van der Waals surface area contributed by atoms with E-state index in [4.69, 9.17) is 0 Å². The SMILES string of the molecule is Cc1cccc2c(=O)n(CCC(=O)N(C)Cc3ccc(OC(F)(F)F)cc3)cnc12. The van der Waals surface area contributed by atoms with Crippen molar-refractivity contribution in [3.05, 3.63) is 70.3 Å². The fraction of sp³-hybridized carbons (Fsp3) is 0.286. The van der Waals surface area contributed by atoms with Gasteiger partial charge in [0.2, 0.25) is 5.91 Å². The van der Waals surface area contributed by atoms with Crippen LogP contribution in [-0.2, 0) is 17.9 Å². The van der Waals surface area contributed by atoms with Crippen molar-refractivity contribution in [3.8, 4) is 5.75 Å². The number of aromatic nitrogens is 2. The van der Waals surface area contributed by atoms with Crippen molar-refractivity contribution in [3.63, 3.8) is 0 Å². The van der Waals surface area contributed by atoms with Gasteiger partial charge < -0.3 is 9.64 Å². The minimum atomic E-state index is -4.75. The van der Waals surface area contributed by atoms with Gasteiger partial charge in [0.1, 0.15) is 5.75 Å². The fourth-order valence-electron chi connectivity index (χ4n) is 3.06. The van der Waals surface area contributed by atoms with Crippen LogP contribution in [-0.4, -0.2) is 33.8 Å². The zero-order valence-electron chi connectivity index (χ0n) is 16.4. The van der Waals surface area contributed by atoms with Gasteiger partial charge in [-0.05, 0) is 36.2 Å². The first kappa shape index (κ1) is 21.4. The van der Waals surface area contributed by atoms with Crippen molar-refractivity contribution in [2.75, 3.05) is 7.05 Å². The number of halogens is 3. The molecule has 0 spiro atoms. The molecule has 0 radical (unpaired) electrons. The maximum Gasteiger partial charge on any atom is 0.573 e. The Morgan fingerprint density at radius 1 is 1.17 bits per heavy atom. The standard InChI is InChI=1S/C21H20F3N3O3/c1-14-4-3-5-17-19(14)25-13-27(20(17)29)11-10-18(28)26(2)12-15-6-8-16(9-7-15)30-21(22,23)24/h3-9,13H,10-12H2,1-2H3. The highest BCUT2D eigenvalue weighted by Gasteiger charge is 2.30. The Kier molecular flexibility index (Phi) is 6.09. The third-order valence-electron chi connectivity index (χ3n) is 4.62. The molecule has 1 amide bonds. The molecule has 1 aromatic heterocycles. The molecule has 30 heavy (non-hydrogen) atoms. The van der Waals surface area contributed by atoms with Crippen LogP contribution < -0.4 is 10.3 Å². The lowest BCUT2D eigenvalue weighted by Crippen LogP contribution is -2.29. The average Bonchev–Trinajstić information content (AvgIpc) is 2.68. The van der Waals surface area contributed by atoms with Gasteiger partial charge in [0.15, 0.2) is 0 Å². The van der Waals surface area contributed by atoms with Crippen LogP contribution in [0.15, 0.2) is 53.6 Å². The molecule has 0 bridgehead atoms. The summed E-state index contributed by atoms with van der Waals surface area (Å²) in [4.78, 5) is 30.8. The lowest BCUT2D eigenvalue weighted by molar-refractivity contribution is -0.274. The zero-order chi connectivity index (χ0) is 21.9. The highest BCUT2D eigenvalue weighted by molar-refractivity contribution is 5.80. The molecule has 6 nitrogen and oxygen atoms in total. The van der Waals surface area contributed by atoms with Crippen LogP contribution in [0, 0.1) is 6.92 Å². The molecule has 0 saturated heterocycles.